The fourth-order valence-electron chi connectivity index (χ4n) is 6.09. The number of aromatic nitrogens is 2. The lowest BCUT2D eigenvalue weighted by molar-refractivity contribution is -0.134. The van der Waals surface area contributed by atoms with Gasteiger partial charge in [-0.05, 0) is 11.1 Å². The second-order valence-electron chi connectivity index (χ2n) is 10.1. The number of carbonyl (C=O) groups excluding carboxylic acids is 1. The molecule has 5 rings (SSSR count). The Kier molecular flexibility index (Phi) is 11.6. The Labute approximate surface area is 254 Å². The lowest BCUT2D eigenvalue weighted by Gasteiger charge is -2.53. The van der Waals surface area contributed by atoms with Gasteiger partial charge in [-0.2, -0.15) is 9.97 Å². The molecule has 0 aliphatic carbocycles. The van der Waals surface area contributed by atoms with E-state index in [4.69, 9.17) is 14.2 Å². The third kappa shape index (κ3) is 7.04. The van der Waals surface area contributed by atoms with Gasteiger partial charge in [0, 0.05) is 64.2 Å². The van der Waals surface area contributed by atoms with Gasteiger partial charge in [0.15, 0.2) is 0 Å². The van der Waals surface area contributed by atoms with Crippen molar-refractivity contribution in [3.63, 3.8) is 0 Å². The first-order valence-electron chi connectivity index (χ1n) is 13.4. The van der Waals surface area contributed by atoms with Gasteiger partial charge in [0.2, 0.25) is 17.7 Å². The minimum absolute atomic E-state index is 0. The minimum Gasteiger partial charge on any atom is -0.481 e. The van der Waals surface area contributed by atoms with Gasteiger partial charge < -0.3 is 19.1 Å². The maximum Gasteiger partial charge on any atom is 0.322 e. The van der Waals surface area contributed by atoms with Crippen LogP contribution < -0.4 is 14.2 Å². The number of nitrogens with zero attached hydrogens (tertiary/aromatic N) is 5. The van der Waals surface area contributed by atoms with E-state index in [1.54, 1.807) is 21.1 Å². The molecule has 2 atom stereocenters. The highest BCUT2D eigenvalue weighted by Gasteiger charge is 2.43. The van der Waals surface area contributed by atoms with Crippen LogP contribution in [0, 0.1) is 0 Å². The lowest BCUT2D eigenvalue weighted by Crippen LogP contribution is -2.67. The summed E-state index contributed by atoms with van der Waals surface area (Å²) in [5.41, 5.74) is 3.35. The van der Waals surface area contributed by atoms with Crippen molar-refractivity contribution in [2.45, 2.75) is 31.5 Å². The van der Waals surface area contributed by atoms with Gasteiger partial charge in [-0.1, -0.05) is 60.7 Å². The first kappa shape index (κ1) is 32.4. The molecule has 41 heavy (non-hydrogen) atoms. The quantitative estimate of drug-likeness (QED) is 0.383. The fourth-order valence-corrected chi connectivity index (χ4v) is 6.09. The Hall–Kier alpha value is -3.11. The SMILES string of the molecule is COc1nc(OC)c(CN2C[C@@H]3CN(C(C)=O)CCN3[C@H](C(c3ccccc3)c3ccccc3)C2)c(OC)n1.Cl.Cl. The Morgan fingerprint density at radius 2 is 1.39 bits per heavy atom. The number of ether oxygens (including phenoxy) is 3. The zero-order valence-electron chi connectivity index (χ0n) is 23.9. The Morgan fingerprint density at radius 1 is 0.829 bits per heavy atom. The largest absolute Gasteiger partial charge is 0.481 e. The first-order valence-corrected chi connectivity index (χ1v) is 13.4. The molecule has 0 saturated carbocycles. The number of hydrogen-bond donors (Lipinski definition) is 0. The number of carbonyl (C=O) groups is 1. The molecule has 0 N–H and O–H groups in total. The van der Waals surface area contributed by atoms with Gasteiger partial charge >= 0.3 is 6.01 Å². The maximum atomic E-state index is 12.4. The van der Waals surface area contributed by atoms with Crippen molar-refractivity contribution in [3.8, 4) is 17.8 Å². The molecule has 2 aromatic carbocycles. The molecule has 3 aromatic rings. The highest BCUT2D eigenvalue weighted by Crippen LogP contribution is 2.37. The average Bonchev–Trinajstić information content (AvgIpc) is 2.98. The van der Waals surface area contributed by atoms with Crippen molar-refractivity contribution in [2.24, 2.45) is 0 Å². The zero-order valence-corrected chi connectivity index (χ0v) is 25.6. The summed E-state index contributed by atoms with van der Waals surface area (Å²) in [6, 6.07) is 22.1. The summed E-state index contributed by atoms with van der Waals surface area (Å²) < 4.78 is 16.5. The number of benzene rings is 2. The van der Waals surface area contributed by atoms with E-state index in [1.165, 1.54) is 18.2 Å². The lowest BCUT2D eigenvalue weighted by atomic mass is 9.81. The van der Waals surface area contributed by atoms with Crippen LogP contribution in [0.25, 0.3) is 0 Å². The van der Waals surface area contributed by atoms with E-state index in [0.29, 0.717) is 24.8 Å². The van der Waals surface area contributed by atoms with Crippen LogP contribution in [0.1, 0.15) is 29.5 Å². The Balaban J connectivity index is 0.00000231. The van der Waals surface area contributed by atoms with Crippen molar-refractivity contribution in [3.05, 3.63) is 77.4 Å². The predicted molar refractivity (Wildman–Crippen MR) is 163 cm³/mol. The maximum absolute atomic E-state index is 12.4. The molecule has 2 aliphatic heterocycles. The molecule has 222 valence electrons. The van der Waals surface area contributed by atoms with E-state index in [2.05, 4.69) is 80.4 Å². The third-order valence-corrected chi connectivity index (χ3v) is 7.88. The summed E-state index contributed by atoms with van der Waals surface area (Å²) in [5, 5.41) is 0. The molecule has 2 fully saturated rings. The number of rotatable bonds is 8. The van der Waals surface area contributed by atoms with Crippen LogP contribution in [-0.4, -0.2) is 96.7 Å². The van der Waals surface area contributed by atoms with E-state index >= 15 is 0 Å². The molecule has 0 unspecified atom stereocenters. The smallest absolute Gasteiger partial charge is 0.322 e. The molecule has 0 spiro atoms. The Morgan fingerprint density at radius 3 is 1.88 bits per heavy atom. The van der Waals surface area contributed by atoms with Crippen molar-refractivity contribution < 1.29 is 19.0 Å². The molecular formula is C30H39Cl2N5O4. The summed E-state index contributed by atoms with van der Waals surface area (Å²) in [4.78, 5) is 28.2. The van der Waals surface area contributed by atoms with Gasteiger partial charge in [0.05, 0.1) is 26.9 Å². The zero-order chi connectivity index (χ0) is 27.4. The summed E-state index contributed by atoms with van der Waals surface area (Å²) >= 11 is 0. The van der Waals surface area contributed by atoms with E-state index in [-0.39, 0.29) is 54.7 Å². The first-order chi connectivity index (χ1) is 19.0. The van der Waals surface area contributed by atoms with Gasteiger partial charge in [0.25, 0.3) is 0 Å². The van der Waals surface area contributed by atoms with Crippen molar-refractivity contribution in [1.29, 1.82) is 0 Å². The van der Waals surface area contributed by atoms with Crippen molar-refractivity contribution in [2.75, 3.05) is 54.1 Å². The van der Waals surface area contributed by atoms with Crippen LogP contribution in [0.5, 0.6) is 17.8 Å². The summed E-state index contributed by atoms with van der Waals surface area (Å²) in [6.45, 7) is 6.12. The van der Waals surface area contributed by atoms with E-state index in [1.807, 2.05) is 4.90 Å². The third-order valence-electron chi connectivity index (χ3n) is 7.88. The highest BCUT2D eigenvalue weighted by atomic mass is 35.5. The van der Waals surface area contributed by atoms with Crippen LogP contribution in [0.2, 0.25) is 0 Å². The average molecular weight is 605 g/mol. The molecule has 1 aromatic heterocycles. The molecule has 9 nitrogen and oxygen atoms in total. The second-order valence-corrected chi connectivity index (χ2v) is 10.1. The van der Waals surface area contributed by atoms with Gasteiger partial charge in [-0.15, -0.1) is 24.8 Å². The topological polar surface area (TPSA) is 80.3 Å². The number of methoxy groups -OCH3 is 3. The Bertz CT molecular complexity index is 1210. The molecule has 1 amide bonds. The van der Waals surface area contributed by atoms with Gasteiger partial charge in [0.1, 0.15) is 0 Å². The minimum atomic E-state index is 0. The molecular weight excluding hydrogens is 565 g/mol. The second kappa shape index (κ2) is 14.7. The van der Waals surface area contributed by atoms with E-state index in [0.717, 1.165) is 31.7 Å². The standard InChI is InChI=1S/C30H37N5O4.2ClH/c1-21(36)34-15-16-35-24(18-34)17-33(19-25-28(37-2)31-30(39-4)32-29(25)38-3)20-26(35)27(22-11-7-5-8-12-22)23-13-9-6-10-14-23;;/h5-14,24,26-27H,15-20H2,1-4H3;2*1H/t24-,26+;;/m1../s1. The number of fused-ring (bicyclic) bond motifs is 1. The monoisotopic (exact) mass is 603 g/mol. The van der Waals surface area contributed by atoms with Gasteiger partial charge in [-0.3, -0.25) is 14.6 Å². The molecule has 11 heteroatoms. The molecule has 0 radical (unpaired) electrons. The normalized spacial score (nSPS) is 19.0. The number of hydrogen-bond acceptors (Lipinski definition) is 8. The van der Waals surface area contributed by atoms with Crippen LogP contribution in [0.15, 0.2) is 60.7 Å². The molecule has 0 bridgehead atoms. The van der Waals surface area contributed by atoms with Crippen LogP contribution in [0.4, 0.5) is 0 Å². The van der Waals surface area contributed by atoms with Crippen LogP contribution in [-0.2, 0) is 11.3 Å². The van der Waals surface area contributed by atoms with Crippen molar-refractivity contribution in [1.82, 2.24) is 24.7 Å². The number of amides is 1. The number of piperazine rings is 2. The summed E-state index contributed by atoms with van der Waals surface area (Å²) in [5.74, 6) is 1.17. The highest BCUT2D eigenvalue weighted by molar-refractivity contribution is 5.85. The van der Waals surface area contributed by atoms with Crippen LogP contribution in [0.3, 0.4) is 0 Å². The molecule has 3 heterocycles. The van der Waals surface area contributed by atoms with Crippen LogP contribution >= 0.6 is 24.8 Å². The summed E-state index contributed by atoms with van der Waals surface area (Å²) in [7, 11) is 4.71. The number of halogens is 2. The van der Waals surface area contributed by atoms with Crippen molar-refractivity contribution >= 4 is 30.7 Å². The van der Waals surface area contributed by atoms with E-state index < -0.39 is 0 Å². The molecule has 2 saturated heterocycles. The summed E-state index contributed by atoms with van der Waals surface area (Å²) in [6.07, 6.45) is 0. The predicted octanol–water partition coefficient (Wildman–Crippen LogP) is 3.90. The molecule has 2 aliphatic rings. The van der Waals surface area contributed by atoms with E-state index in [9.17, 15) is 4.79 Å². The fraction of sp³-hybridized carbons (Fsp3) is 0.433. The van der Waals surface area contributed by atoms with Gasteiger partial charge in [-0.25, -0.2) is 0 Å².